The second-order valence-electron chi connectivity index (χ2n) is 4.14. The van der Waals surface area contributed by atoms with E-state index in [2.05, 4.69) is 9.97 Å². The van der Waals surface area contributed by atoms with Crippen LogP contribution in [0.25, 0.3) is 10.9 Å². The summed E-state index contributed by atoms with van der Waals surface area (Å²) in [5.41, 5.74) is 0.113. The van der Waals surface area contributed by atoms with Crippen molar-refractivity contribution in [3.8, 4) is 0 Å². The van der Waals surface area contributed by atoms with E-state index in [0.29, 0.717) is 5.39 Å². The van der Waals surface area contributed by atoms with Gasteiger partial charge in [-0.15, -0.1) is 0 Å². The van der Waals surface area contributed by atoms with Crippen LogP contribution in [0.5, 0.6) is 0 Å². The third kappa shape index (κ3) is 2.79. The average Bonchev–Trinajstić information content (AvgIpc) is 2.35. The number of hydrogen-bond acceptors (Lipinski definition) is 4. The number of rotatable bonds is 3. The van der Waals surface area contributed by atoms with Crippen LogP contribution in [0.4, 0.5) is 19.0 Å². The van der Waals surface area contributed by atoms with Gasteiger partial charge in [0.05, 0.1) is 5.52 Å². The van der Waals surface area contributed by atoms with Gasteiger partial charge in [-0.05, 0) is 12.1 Å². The van der Waals surface area contributed by atoms with Crippen molar-refractivity contribution in [2.45, 2.75) is 6.18 Å². The Bertz CT molecular complexity index is 658. The van der Waals surface area contributed by atoms with Crippen molar-refractivity contribution >= 4 is 22.7 Å². The number of aliphatic carboxylic acids is 1. The van der Waals surface area contributed by atoms with Gasteiger partial charge in [0, 0.05) is 12.4 Å². The van der Waals surface area contributed by atoms with Crippen LogP contribution < -0.4 is 4.90 Å². The number of para-hydroxylation sites is 1. The van der Waals surface area contributed by atoms with Crippen LogP contribution in [-0.4, -0.2) is 34.6 Å². The Labute approximate surface area is 111 Å². The fraction of sp³-hybridized carbons (Fsp3) is 0.250. The molecule has 0 aliphatic carbocycles. The first-order valence-corrected chi connectivity index (χ1v) is 5.56. The van der Waals surface area contributed by atoms with E-state index in [9.17, 15) is 18.0 Å². The highest BCUT2D eigenvalue weighted by molar-refractivity contribution is 5.90. The molecule has 0 atom stereocenters. The number of carbonyl (C=O) groups is 1. The largest absolute Gasteiger partial charge is 0.480 e. The van der Waals surface area contributed by atoms with Gasteiger partial charge in [-0.25, -0.2) is 9.97 Å². The van der Waals surface area contributed by atoms with Crippen LogP contribution in [-0.2, 0) is 11.0 Å². The molecule has 0 aliphatic heterocycles. The molecule has 2 aromatic rings. The first-order valence-electron chi connectivity index (χ1n) is 5.56. The van der Waals surface area contributed by atoms with E-state index in [-0.39, 0.29) is 11.3 Å². The van der Waals surface area contributed by atoms with Gasteiger partial charge in [-0.3, -0.25) is 4.79 Å². The molecule has 0 unspecified atom stereocenters. The van der Waals surface area contributed by atoms with E-state index >= 15 is 0 Å². The van der Waals surface area contributed by atoms with Crippen LogP contribution >= 0.6 is 0 Å². The minimum atomic E-state index is -4.69. The van der Waals surface area contributed by atoms with Crippen LogP contribution in [0, 0.1) is 0 Å². The summed E-state index contributed by atoms with van der Waals surface area (Å²) < 4.78 is 38.3. The number of aromatic nitrogens is 2. The maximum Gasteiger partial charge on any atom is 0.451 e. The van der Waals surface area contributed by atoms with Gasteiger partial charge < -0.3 is 10.0 Å². The maximum absolute atomic E-state index is 12.8. The lowest BCUT2D eigenvalue weighted by atomic mass is 10.2. The molecule has 1 heterocycles. The molecule has 2 rings (SSSR count). The lowest BCUT2D eigenvalue weighted by molar-refractivity contribution is -0.144. The standard InChI is InChI=1S/C12H10F3N3O2/c1-18(6-9(19)20)10-7-4-2-3-5-8(7)16-11(17-10)12(13,14)15/h2-5H,6H2,1H3,(H,19,20). The summed E-state index contributed by atoms with van der Waals surface area (Å²) in [6.07, 6.45) is -4.69. The Balaban J connectivity index is 2.64. The molecule has 0 spiro atoms. The average molecular weight is 285 g/mol. The highest BCUT2D eigenvalue weighted by atomic mass is 19.4. The minimum absolute atomic E-state index is 0.0645. The van der Waals surface area contributed by atoms with Gasteiger partial charge in [0.1, 0.15) is 12.4 Å². The number of likely N-dealkylation sites (N-methyl/N-ethyl adjacent to an activating group) is 1. The Morgan fingerprint density at radius 3 is 2.55 bits per heavy atom. The van der Waals surface area contributed by atoms with Gasteiger partial charge >= 0.3 is 12.1 Å². The van der Waals surface area contributed by atoms with Crippen molar-refractivity contribution in [1.29, 1.82) is 0 Å². The van der Waals surface area contributed by atoms with Crippen LogP contribution in [0.3, 0.4) is 0 Å². The van der Waals surface area contributed by atoms with Gasteiger partial charge in [-0.1, -0.05) is 12.1 Å². The number of alkyl halides is 3. The molecule has 5 nitrogen and oxygen atoms in total. The maximum atomic E-state index is 12.8. The smallest absolute Gasteiger partial charge is 0.451 e. The summed E-state index contributed by atoms with van der Waals surface area (Å²) in [5.74, 6) is -2.52. The third-order valence-electron chi connectivity index (χ3n) is 2.57. The number of nitrogens with zero attached hydrogens (tertiary/aromatic N) is 3. The van der Waals surface area contributed by atoms with Crippen molar-refractivity contribution < 1.29 is 23.1 Å². The summed E-state index contributed by atoms with van der Waals surface area (Å²) in [5, 5.41) is 9.10. The number of anilines is 1. The molecule has 1 aromatic carbocycles. The molecular formula is C12H10F3N3O2. The van der Waals surface area contributed by atoms with E-state index in [0.717, 1.165) is 4.90 Å². The molecule has 20 heavy (non-hydrogen) atoms. The summed E-state index contributed by atoms with van der Waals surface area (Å²) >= 11 is 0. The normalized spacial score (nSPS) is 11.6. The number of hydrogen-bond donors (Lipinski definition) is 1. The molecule has 0 saturated carbocycles. The SMILES string of the molecule is CN(CC(=O)O)c1nc(C(F)(F)F)nc2ccccc12. The highest BCUT2D eigenvalue weighted by Crippen LogP contribution is 2.31. The summed E-state index contributed by atoms with van der Waals surface area (Å²) in [4.78, 5) is 18.7. The number of fused-ring (bicyclic) bond motifs is 1. The second-order valence-corrected chi connectivity index (χ2v) is 4.14. The molecular weight excluding hydrogens is 275 g/mol. The zero-order valence-corrected chi connectivity index (χ0v) is 10.3. The van der Waals surface area contributed by atoms with Crippen molar-refractivity contribution in [3.63, 3.8) is 0 Å². The molecule has 0 radical (unpaired) electrons. The molecule has 0 saturated heterocycles. The molecule has 0 fully saturated rings. The van der Waals surface area contributed by atoms with Gasteiger partial charge in [0.15, 0.2) is 0 Å². The number of carboxylic acid groups (broad SMARTS) is 1. The van der Waals surface area contributed by atoms with Crippen molar-refractivity contribution in [2.24, 2.45) is 0 Å². The topological polar surface area (TPSA) is 66.3 Å². The quantitative estimate of drug-likeness (QED) is 0.936. The second kappa shape index (κ2) is 4.95. The number of halogens is 3. The molecule has 106 valence electrons. The first-order chi connectivity index (χ1) is 9.29. The Hall–Kier alpha value is -2.38. The molecule has 1 aromatic heterocycles. The third-order valence-corrected chi connectivity index (χ3v) is 2.57. The molecule has 0 aliphatic rings. The lowest BCUT2D eigenvalue weighted by Gasteiger charge is -2.19. The fourth-order valence-electron chi connectivity index (χ4n) is 1.76. The summed E-state index contributed by atoms with van der Waals surface area (Å²) in [6.45, 7) is -0.460. The Morgan fingerprint density at radius 2 is 1.95 bits per heavy atom. The fourth-order valence-corrected chi connectivity index (χ4v) is 1.76. The highest BCUT2D eigenvalue weighted by Gasteiger charge is 2.36. The van der Waals surface area contributed by atoms with Crippen molar-refractivity contribution in [2.75, 3.05) is 18.5 Å². The molecule has 8 heteroatoms. The monoisotopic (exact) mass is 285 g/mol. The van der Waals surface area contributed by atoms with Crippen molar-refractivity contribution in [3.05, 3.63) is 30.1 Å². The lowest BCUT2D eigenvalue weighted by Crippen LogP contribution is -2.27. The van der Waals surface area contributed by atoms with E-state index in [4.69, 9.17) is 5.11 Å². The van der Waals surface area contributed by atoms with Crippen LogP contribution in [0.1, 0.15) is 5.82 Å². The summed E-state index contributed by atoms with van der Waals surface area (Å²) in [7, 11) is 1.36. The predicted molar refractivity (Wildman–Crippen MR) is 65.4 cm³/mol. The van der Waals surface area contributed by atoms with Gasteiger partial charge in [0.2, 0.25) is 5.82 Å². The minimum Gasteiger partial charge on any atom is -0.480 e. The number of benzene rings is 1. The Kier molecular flexibility index (Phi) is 3.47. The van der Waals surface area contributed by atoms with Crippen LogP contribution in [0.2, 0.25) is 0 Å². The van der Waals surface area contributed by atoms with Gasteiger partial charge in [0.25, 0.3) is 0 Å². The van der Waals surface area contributed by atoms with Crippen molar-refractivity contribution in [1.82, 2.24) is 9.97 Å². The first kappa shape index (κ1) is 14.0. The predicted octanol–water partition coefficient (Wildman–Crippen LogP) is 2.17. The van der Waals surface area contributed by atoms with E-state index < -0.39 is 24.5 Å². The van der Waals surface area contributed by atoms with E-state index in [1.165, 1.54) is 13.1 Å². The zero-order valence-electron chi connectivity index (χ0n) is 10.3. The zero-order chi connectivity index (χ0) is 14.9. The molecule has 1 N–H and O–H groups in total. The van der Waals surface area contributed by atoms with E-state index in [1.54, 1.807) is 18.2 Å². The summed E-state index contributed by atoms with van der Waals surface area (Å²) in [6, 6.07) is 6.14. The number of carboxylic acids is 1. The van der Waals surface area contributed by atoms with E-state index in [1.807, 2.05) is 0 Å². The molecule has 0 bridgehead atoms. The van der Waals surface area contributed by atoms with Crippen LogP contribution in [0.15, 0.2) is 24.3 Å². The van der Waals surface area contributed by atoms with Gasteiger partial charge in [-0.2, -0.15) is 13.2 Å². The Morgan fingerprint density at radius 1 is 1.30 bits per heavy atom. The molecule has 0 amide bonds.